The van der Waals surface area contributed by atoms with Gasteiger partial charge in [-0.3, -0.25) is 9.59 Å². The Morgan fingerprint density at radius 1 is 1.24 bits per heavy atom. The molecule has 0 radical (unpaired) electrons. The maximum atomic E-state index is 12.1. The molecule has 1 saturated heterocycles. The number of carbonyl (C=O) groups is 2. The first-order valence-corrected chi connectivity index (χ1v) is 7.31. The molecule has 21 heavy (non-hydrogen) atoms. The van der Waals surface area contributed by atoms with Crippen LogP contribution in [0.2, 0.25) is 0 Å². The molecule has 1 heterocycles. The molecule has 2 rings (SSSR count). The van der Waals surface area contributed by atoms with Gasteiger partial charge < -0.3 is 10.6 Å². The van der Waals surface area contributed by atoms with Crippen LogP contribution in [0.4, 0.5) is 0 Å². The van der Waals surface area contributed by atoms with E-state index in [1.54, 1.807) is 11.0 Å². The van der Waals surface area contributed by atoms with Crippen molar-refractivity contribution in [2.75, 3.05) is 13.1 Å². The molecule has 1 aromatic rings. The molecule has 4 heteroatoms. The highest BCUT2D eigenvalue weighted by molar-refractivity contribution is 5.92. The van der Waals surface area contributed by atoms with E-state index >= 15 is 0 Å². The van der Waals surface area contributed by atoms with Crippen LogP contribution < -0.4 is 5.73 Å². The molecule has 0 bridgehead atoms. The van der Waals surface area contributed by atoms with Gasteiger partial charge in [0.15, 0.2) is 0 Å². The number of nitrogens with zero attached hydrogens (tertiary/aromatic N) is 1. The highest BCUT2D eigenvalue weighted by Gasteiger charge is 2.24. The molecule has 4 nitrogen and oxygen atoms in total. The predicted molar refractivity (Wildman–Crippen MR) is 83.4 cm³/mol. The van der Waals surface area contributed by atoms with E-state index in [0.717, 1.165) is 11.1 Å². The fourth-order valence-corrected chi connectivity index (χ4v) is 2.66. The van der Waals surface area contributed by atoms with Gasteiger partial charge in [-0.2, -0.15) is 0 Å². The molecule has 1 aromatic carbocycles. The van der Waals surface area contributed by atoms with Crippen LogP contribution in [0.1, 0.15) is 29.5 Å². The molecule has 0 aliphatic carbocycles. The summed E-state index contributed by atoms with van der Waals surface area (Å²) in [7, 11) is 0. The van der Waals surface area contributed by atoms with Gasteiger partial charge in [-0.05, 0) is 43.9 Å². The largest absolute Gasteiger partial charge is 0.369 e. The Hall–Kier alpha value is -2.10. The van der Waals surface area contributed by atoms with Crippen molar-refractivity contribution in [3.8, 4) is 0 Å². The number of hydrogen-bond donors (Lipinski definition) is 1. The molecular formula is C17H22N2O2. The Balaban J connectivity index is 1.95. The number of benzene rings is 1. The Labute approximate surface area is 125 Å². The van der Waals surface area contributed by atoms with E-state index < -0.39 is 0 Å². The van der Waals surface area contributed by atoms with Crippen molar-refractivity contribution in [2.24, 2.45) is 11.7 Å². The maximum Gasteiger partial charge on any atom is 0.246 e. The normalized spacial score (nSPS) is 16.4. The Morgan fingerprint density at radius 3 is 2.48 bits per heavy atom. The minimum absolute atomic E-state index is 0.00195. The third kappa shape index (κ3) is 3.94. The van der Waals surface area contributed by atoms with Crippen LogP contribution in [0.5, 0.6) is 0 Å². The van der Waals surface area contributed by atoms with Crippen LogP contribution in [0, 0.1) is 19.8 Å². The van der Waals surface area contributed by atoms with Crippen LogP contribution in [0.3, 0.4) is 0 Å². The molecule has 112 valence electrons. The van der Waals surface area contributed by atoms with Crippen LogP contribution in [0.15, 0.2) is 24.3 Å². The lowest BCUT2D eigenvalue weighted by Crippen LogP contribution is -2.41. The smallest absolute Gasteiger partial charge is 0.246 e. The molecule has 2 amide bonds. The van der Waals surface area contributed by atoms with E-state index in [4.69, 9.17) is 5.73 Å². The van der Waals surface area contributed by atoms with Crippen molar-refractivity contribution in [1.29, 1.82) is 0 Å². The van der Waals surface area contributed by atoms with E-state index in [1.165, 1.54) is 5.56 Å². The molecule has 1 fully saturated rings. The highest BCUT2D eigenvalue weighted by Crippen LogP contribution is 2.17. The molecule has 0 unspecified atom stereocenters. The fourth-order valence-electron chi connectivity index (χ4n) is 2.66. The second-order valence-electron chi connectivity index (χ2n) is 5.70. The standard InChI is InChI=1S/C17H22N2O2/c1-12-3-4-14(13(2)11-12)5-6-16(20)19-9-7-15(8-10-19)17(18)21/h3-6,11,15H,7-10H2,1-2H3,(H2,18,21)/b6-5+. The second-order valence-corrected chi connectivity index (χ2v) is 5.70. The van der Waals surface area contributed by atoms with Crippen molar-refractivity contribution in [2.45, 2.75) is 26.7 Å². The molecule has 1 aliphatic heterocycles. The lowest BCUT2D eigenvalue weighted by atomic mass is 9.96. The number of nitrogens with two attached hydrogens (primary N) is 1. The first-order valence-electron chi connectivity index (χ1n) is 7.31. The zero-order valence-electron chi connectivity index (χ0n) is 12.6. The second kappa shape index (κ2) is 6.57. The van der Waals surface area contributed by atoms with Crippen LogP contribution in [0.25, 0.3) is 6.08 Å². The van der Waals surface area contributed by atoms with Crippen LogP contribution in [-0.2, 0) is 9.59 Å². The van der Waals surface area contributed by atoms with Gasteiger partial charge in [0, 0.05) is 25.1 Å². The van der Waals surface area contributed by atoms with Crippen molar-refractivity contribution in [1.82, 2.24) is 4.90 Å². The monoisotopic (exact) mass is 286 g/mol. The molecule has 1 aliphatic rings. The summed E-state index contributed by atoms with van der Waals surface area (Å²) in [6, 6.07) is 6.16. The summed E-state index contributed by atoms with van der Waals surface area (Å²) >= 11 is 0. The summed E-state index contributed by atoms with van der Waals surface area (Å²) in [4.78, 5) is 25.0. The van der Waals surface area contributed by atoms with E-state index in [0.29, 0.717) is 25.9 Å². The van der Waals surface area contributed by atoms with E-state index in [9.17, 15) is 9.59 Å². The number of likely N-dealkylation sites (tertiary alicyclic amines) is 1. The summed E-state index contributed by atoms with van der Waals surface area (Å²) in [6.07, 6.45) is 4.80. The van der Waals surface area contributed by atoms with Crippen molar-refractivity contribution >= 4 is 17.9 Å². The number of piperidine rings is 1. The third-order valence-corrected chi connectivity index (χ3v) is 4.04. The minimum atomic E-state index is -0.257. The Kier molecular flexibility index (Phi) is 4.78. The first kappa shape index (κ1) is 15.3. The number of carbonyl (C=O) groups excluding carboxylic acids is 2. The number of aryl methyl sites for hydroxylation is 2. The quantitative estimate of drug-likeness (QED) is 0.864. The van der Waals surface area contributed by atoms with Crippen LogP contribution in [-0.4, -0.2) is 29.8 Å². The zero-order valence-corrected chi connectivity index (χ0v) is 12.6. The van der Waals surface area contributed by atoms with E-state index in [-0.39, 0.29) is 17.7 Å². The Morgan fingerprint density at radius 2 is 1.90 bits per heavy atom. The summed E-state index contributed by atoms with van der Waals surface area (Å²) in [5.41, 5.74) is 8.72. The molecule has 0 aromatic heterocycles. The average molecular weight is 286 g/mol. The Bertz CT molecular complexity index is 570. The summed E-state index contributed by atoms with van der Waals surface area (Å²) in [6.45, 7) is 5.29. The summed E-state index contributed by atoms with van der Waals surface area (Å²) in [5, 5.41) is 0. The van der Waals surface area contributed by atoms with Crippen molar-refractivity contribution in [3.63, 3.8) is 0 Å². The van der Waals surface area contributed by atoms with Gasteiger partial charge in [0.1, 0.15) is 0 Å². The van der Waals surface area contributed by atoms with Gasteiger partial charge in [0.05, 0.1) is 0 Å². The summed E-state index contributed by atoms with van der Waals surface area (Å²) < 4.78 is 0. The molecule has 0 atom stereocenters. The minimum Gasteiger partial charge on any atom is -0.369 e. The SMILES string of the molecule is Cc1ccc(/C=C/C(=O)N2CCC(C(N)=O)CC2)c(C)c1. The topological polar surface area (TPSA) is 63.4 Å². The average Bonchev–Trinajstić information content (AvgIpc) is 2.46. The van der Waals surface area contributed by atoms with Crippen LogP contribution >= 0.6 is 0 Å². The molecule has 2 N–H and O–H groups in total. The molecular weight excluding hydrogens is 264 g/mol. The summed E-state index contributed by atoms with van der Waals surface area (Å²) in [5.74, 6) is -0.344. The predicted octanol–water partition coefficient (Wildman–Crippen LogP) is 2.04. The lowest BCUT2D eigenvalue weighted by molar-refractivity contribution is -0.130. The van der Waals surface area contributed by atoms with Gasteiger partial charge in [0.2, 0.25) is 11.8 Å². The lowest BCUT2D eigenvalue weighted by Gasteiger charge is -2.29. The van der Waals surface area contributed by atoms with Gasteiger partial charge in [0.25, 0.3) is 0 Å². The molecule has 0 spiro atoms. The molecule has 0 saturated carbocycles. The van der Waals surface area contributed by atoms with Gasteiger partial charge in [-0.15, -0.1) is 0 Å². The highest BCUT2D eigenvalue weighted by atomic mass is 16.2. The number of hydrogen-bond acceptors (Lipinski definition) is 2. The first-order chi connectivity index (χ1) is 9.97. The van der Waals surface area contributed by atoms with Crippen molar-refractivity contribution in [3.05, 3.63) is 41.0 Å². The van der Waals surface area contributed by atoms with Crippen molar-refractivity contribution < 1.29 is 9.59 Å². The van der Waals surface area contributed by atoms with E-state index in [1.807, 2.05) is 25.1 Å². The van der Waals surface area contributed by atoms with Gasteiger partial charge in [-0.25, -0.2) is 0 Å². The van der Waals surface area contributed by atoms with Gasteiger partial charge >= 0.3 is 0 Å². The third-order valence-electron chi connectivity index (χ3n) is 4.04. The zero-order chi connectivity index (χ0) is 15.4. The van der Waals surface area contributed by atoms with Gasteiger partial charge in [-0.1, -0.05) is 23.8 Å². The van der Waals surface area contributed by atoms with E-state index in [2.05, 4.69) is 13.0 Å². The number of rotatable bonds is 3. The maximum absolute atomic E-state index is 12.1. The fraction of sp³-hybridized carbons (Fsp3) is 0.412. The number of primary amides is 1. The number of amides is 2.